The van der Waals surface area contributed by atoms with Crippen LogP contribution in [0, 0.1) is 0 Å². The molecular formula is C36H101Co2N7OSi8+. The maximum atomic E-state index is 4.94. The summed E-state index contributed by atoms with van der Waals surface area (Å²) in [7, 11) is -0.390. The van der Waals surface area contributed by atoms with Gasteiger partial charge in [-0.3, -0.25) is 0 Å². The van der Waals surface area contributed by atoms with E-state index in [1.54, 1.807) is 0 Å². The Morgan fingerprint density at radius 1 is 0.444 bits per heavy atom. The molecule has 0 amide bonds. The number of rotatable bonds is 14. The van der Waals surface area contributed by atoms with Crippen molar-refractivity contribution in [2.45, 2.75) is 170 Å². The van der Waals surface area contributed by atoms with Gasteiger partial charge in [0.1, 0.15) is 8.24 Å². The van der Waals surface area contributed by atoms with E-state index in [4.69, 9.17) is 18.7 Å². The van der Waals surface area contributed by atoms with Gasteiger partial charge in [0, 0.05) is 26.3 Å². The standard InChI is InChI=1S/C7H20N2Si.C7H19N2Si.3C6H18NSi2.C4H8O.2Co/c2*1-9(2)7-6-8-10(3,4)5;3*1-8(2,3)7-9(4,5)6;1-2-4-5-3-1;;/h8H,6-7H2,1-5H3;6-7H2,1-5H3;3*1-6H3;1-4H2;;/q;4*-1;;+2;+3. The van der Waals surface area contributed by atoms with Crippen molar-refractivity contribution in [2.75, 3.05) is 67.6 Å². The van der Waals surface area contributed by atoms with Crippen LogP contribution < -0.4 is 4.98 Å². The summed E-state index contributed by atoms with van der Waals surface area (Å²) in [5.74, 6) is 0. The largest absolute Gasteiger partial charge is 3.00 e. The van der Waals surface area contributed by atoms with Gasteiger partial charge < -0.3 is 38.4 Å². The van der Waals surface area contributed by atoms with Crippen LogP contribution in [0.3, 0.4) is 0 Å². The van der Waals surface area contributed by atoms with Gasteiger partial charge in [-0.15, -0.1) is 6.54 Å². The average Bonchev–Trinajstić information content (AvgIpc) is 3.31. The molecule has 0 atom stereocenters. The maximum absolute atomic E-state index is 4.94. The van der Waals surface area contributed by atoms with Gasteiger partial charge in [0.15, 0.2) is 0 Å². The fraction of sp³-hybridized carbons (Fsp3) is 1.00. The second-order valence-electron chi connectivity index (χ2n) is 22.5. The Morgan fingerprint density at radius 2 is 0.704 bits per heavy atom. The number of ether oxygens (including phenoxy) is 1. The number of likely N-dealkylation sites (N-methyl/N-ethyl adjacent to an activating group) is 2. The summed E-state index contributed by atoms with van der Waals surface area (Å²) in [4.78, 5) is 12.5. The molecule has 1 radical (unpaired) electrons. The summed E-state index contributed by atoms with van der Waals surface area (Å²) < 4.78 is 19.4. The van der Waals surface area contributed by atoms with Crippen molar-refractivity contribution in [3.05, 3.63) is 18.9 Å². The first-order valence-corrected chi connectivity index (χ1v) is 47.6. The van der Waals surface area contributed by atoms with Crippen LogP contribution in [0.15, 0.2) is 0 Å². The van der Waals surface area contributed by atoms with Gasteiger partial charge >= 0.3 is 33.6 Å². The maximum Gasteiger partial charge on any atom is 3.00 e. The Labute approximate surface area is 372 Å². The number of nitrogens with one attached hydrogen (secondary N) is 1. The monoisotopic (exact) mass is 989 g/mol. The Morgan fingerprint density at radius 3 is 0.833 bits per heavy atom. The minimum Gasteiger partial charge on any atom is -0.668 e. The Hall–Kier alpha value is 2.43. The van der Waals surface area contributed by atoms with E-state index >= 15 is 0 Å². The molecule has 1 saturated heterocycles. The van der Waals surface area contributed by atoms with E-state index in [2.05, 4.69) is 205 Å². The molecule has 0 aromatic rings. The number of hydrogen-bond acceptors (Lipinski definition) is 4. The normalized spacial score (nSPS) is 13.9. The SMILES string of the molecule is C1CCOC1.CN(C)CCN[Si](C)(C)C.CN(C)CC[N-][Si](C)(C)C.C[Si](C)(C)[N-][Si](C)(C)C.C[Si](C)(C)[N-][Si](C)(C)C.C[Si](C)(C)[N-][Si](C)(C)C.[Co+2].[Co+3]. The van der Waals surface area contributed by atoms with Crippen LogP contribution in [0.2, 0.25) is 157 Å². The van der Waals surface area contributed by atoms with E-state index in [0.717, 1.165) is 39.4 Å². The molecule has 0 bridgehead atoms. The molecule has 0 aliphatic carbocycles. The minimum atomic E-state index is -1.13. The van der Waals surface area contributed by atoms with Crippen molar-refractivity contribution in [1.29, 1.82) is 0 Å². The molecule has 0 aromatic heterocycles. The molecule has 0 spiro atoms. The summed E-state index contributed by atoms with van der Waals surface area (Å²) in [5.41, 5.74) is 0. The molecule has 1 fully saturated rings. The summed E-state index contributed by atoms with van der Waals surface area (Å²) in [6, 6.07) is 0. The summed E-state index contributed by atoms with van der Waals surface area (Å²) in [6.45, 7) is 61.5. The summed E-state index contributed by atoms with van der Waals surface area (Å²) in [5, 5.41) is 0. The molecule has 335 valence electrons. The number of hydrogen-bond donors (Lipinski definition) is 1. The molecule has 1 aliphatic heterocycles. The molecule has 1 rings (SSSR count). The van der Waals surface area contributed by atoms with E-state index < -0.39 is 65.9 Å². The van der Waals surface area contributed by atoms with Crippen LogP contribution in [0.25, 0.3) is 18.9 Å². The van der Waals surface area contributed by atoms with E-state index in [-0.39, 0.29) is 33.6 Å². The predicted molar refractivity (Wildman–Crippen MR) is 270 cm³/mol. The van der Waals surface area contributed by atoms with Crippen molar-refractivity contribution in [3.63, 3.8) is 0 Å². The Balaban J connectivity index is -0.0000000982. The summed E-state index contributed by atoms with van der Waals surface area (Å²) in [6.07, 6.45) is 2.56. The molecule has 1 N–H and O–H groups in total. The molecular weight excluding hydrogens is 889 g/mol. The van der Waals surface area contributed by atoms with E-state index in [1.165, 1.54) is 12.8 Å². The van der Waals surface area contributed by atoms with Gasteiger partial charge in [0.2, 0.25) is 0 Å². The zero-order valence-electron chi connectivity index (χ0n) is 41.9. The Kier molecular flexibility index (Phi) is 43.5. The zero-order chi connectivity index (χ0) is 43.1. The topological polar surface area (TPSA) is 84.1 Å². The third-order valence-electron chi connectivity index (χ3n) is 5.19. The fourth-order valence-corrected chi connectivity index (χ4v) is 30.6. The first kappa shape index (κ1) is 71.0. The van der Waals surface area contributed by atoms with Crippen molar-refractivity contribution < 1.29 is 38.3 Å². The summed E-state index contributed by atoms with van der Waals surface area (Å²) >= 11 is 0. The van der Waals surface area contributed by atoms with Gasteiger partial charge in [-0.1, -0.05) is 215 Å². The van der Waals surface area contributed by atoms with Gasteiger partial charge in [0.25, 0.3) is 0 Å². The average molecular weight is 991 g/mol. The molecule has 0 saturated carbocycles. The van der Waals surface area contributed by atoms with Crippen molar-refractivity contribution in [3.8, 4) is 0 Å². The quantitative estimate of drug-likeness (QED) is 0.176. The van der Waals surface area contributed by atoms with Crippen molar-refractivity contribution in [2.24, 2.45) is 0 Å². The van der Waals surface area contributed by atoms with Crippen LogP contribution in [0.5, 0.6) is 0 Å². The molecule has 8 nitrogen and oxygen atoms in total. The second kappa shape index (κ2) is 33.1. The van der Waals surface area contributed by atoms with Gasteiger partial charge in [-0.05, 0) is 47.6 Å². The van der Waals surface area contributed by atoms with Crippen molar-refractivity contribution >= 4 is 65.9 Å². The van der Waals surface area contributed by atoms with Gasteiger partial charge in [0.05, 0.1) is 0 Å². The fourth-order valence-electron chi connectivity index (χ4n) is 4.77. The first-order valence-electron chi connectivity index (χ1n) is 20.0. The van der Waals surface area contributed by atoms with Crippen LogP contribution in [-0.4, -0.2) is 143 Å². The smallest absolute Gasteiger partial charge is 0.668 e. The first-order chi connectivity index (χ1) is 22.5. The molecule has 1 heterocycles. The van der Waals surface area contributed by atoms with Crippen LogP contribution in [0.4, 0.5) is 0 Å². The molecule has 54 heavy (non-hydrogen) atoms. The van der Waals surface area contributed by atoms with Crippen molar-refractivity contribution in [1.82, 2.24) is 14.8 Å². The second-order valence-corrected chi connectivity index (χ2v) is 60.8. The third-order valence-corrected chi connectivity index (χ3v) is 23.8. The molecule has 0 unspecified atom stereocenters. The van der Waals surface area contributed by atoms with Crippen LogP contribution >= 0.6 is 0 Å². The van der Waals surface area contributed by atoms with Crippen LogP contribution in [-0.2, 0) is 38.3 Å². The molecule has 0 aromatic carbocycles. The van der Waals surface area contributed by atoms with E-state index in [0.29, 0.717) is 0 Å². The van der Waals surface area contributed by atoms with Gasteiger partial charge in [-0.25, -0.2) is 0 Å². The van der Waals surface area contributed by atoms with E-state index in [1.807, 2.05) is 0 Å². The van der Waals surface area contributed by atoms with E-state index in [9.17, 15) is 0 Å². The zero-order valence-corrected chi connectivity index (χ0v) is 52.0. The molecule has 18 heteroatoms. The van der Waals surface area contributed by atoms with Crippen LogP contribution in [0.1, 0.15) is 12.8 Å². The predicted octanol–water partition coefficient (Wildman–Crippen LogP) is 12.6. The third kappa shape index (κ3) is 99.9. The van der Waals surface area contributed by atoms with Gasteiger partial charge in [-0.2, -0.15) is 0 Å². The minimum absolute atomic E-state index is 0. The molecule has 1 aliphatic rings. The number of nitrogens with zero attached hydrogens (tertiary/aromatic N) is 6. The Bertz CT molecular complexity index is 693.